The Bertz CT molecular complexity index is 450. The molecule has 0 aromatic carbocycles. The molecule has 0 saturated heterocycles. The number of thiophene rings is 1. The van der Waals surface area contributed by atoms with Crippen LogP contribution >= 0.6 is 59.3 Å². The first kappa shape index (κ1) is 21.2. The minimum absolute atomic E-state index is 0.963. The van der Waals surface area contributed by atoms with Crippen LogP contribution < -0.4 is 0 Å². The molecule has 0 aliphatic rings. The minimum Gasteiger partial charge on any atom is -0.358 e. The molecule has 0 aliphatic heterocycles. The second-order valence-electron chi connectivity index (χ2n) is 4.82. The summed E-state index contributed by atoms with van der Waals surface area (Å²) >= 11 is 16.4. The Balaban J connectivity index is 2.43. The SMILES string of the molecule is CCN(CC)C(=S)SCc1ccc(CSC(=S)N(CC)CC)s1. The summed E-state index contributed by atoms with van der Waals surface area (Å²) in [7, 11) is 0. The van der Waals surface area contributed by atoms with Crippen molar-refractivity contribution in [3.05, 3.63) is 21.9 Å². The largest absolute Gasteiger partial charge is 0.358 e. The standard InChI is InChI=1S/C16H26N2S5/c1-5-17(6-2)15(19)21-11-13-9-10-14(23-13)12-22-16(20)18(7-3)8-4/h9-10H,5-8,11-12H2,1-4H3. The second-order valence-corrected chi connectivity index (χ2v) is 9.29. The van der Waals surface area contributed by atoms with E-state index in [1.165, 1.54) is 9.75 Å². The van der Waals surface area contributed by atoms with E-state index in [9.17, 15) is 0 Å². The van der Waals surface area contributed by atoms with Gasteiger partial charge in [-0.05, 0) is 39.8 Å². The first-order chi connectivity index (χ1) is 11.0. The average Bonchev–Trinajstić information content (AvgIpc) is 3.01. The summed E-state index contributed by atoms with van der Waals surface area (Å²) in [6.07, 6.45) is 0. The molecule has 0 N–H and O–H groups in total. The van der Waals surface area contributed by atoms with Gasteiger partial charge in [-0.2, -0.15) is 0 Å². The monoisotopic (exact) mass is 406 g/mol. The lowest BCUT2D eigenvalue weighted by Gasteiger charge is -2.20. The molecule has 0 aliphatic carbocycles. The Morgan fingerprint density at radius 2 is 1.17 bits per heavy atom. The van der Waals surface area contributed by atoms with Crippen molar-refractivity contribution >= 4 is 67.9 Å². The Morgan fingerprint density at radius 1 is 0.826 bits per heavy atom. The van der Waals surface area contributed by atoms with Crippen LogP contribution in [0.3, 0.4) is 0 Å². The first-order valence-corrected chi connectivity index (χ1v) is 11.6. The number of hydrogen-bond donors (Lipinski definition) is 0. The van der Waals surface area contributed by atoms with Crippen LogP contribution in [0.2, 0.25) is 0 Å². The van der Waals surface area contributed by atoms with E-state index in [0.717, 1.165) is 46.3 Å². The molecule has 0 amide bonds. The third-order valence-corrected chi connectivity index (χ3v) is 8.03. The van der Waals surface area contributed by atoms with Gasteiger partial charge in [0.15, 0.2) is 0 Å². The molecule has 0 fully saturated rings. The van der Waals surface area contributed by atoms with Gasteiger partial charge in [0.1, 0.15) is 8.64 Å². The van der Waals surface area contributed by atoms with E-state index in [1.54, 1.807) is 23.5 Å². The Labute approximate surface area is 164 Å². The van der Waals surface area contributed by atoms with E-state index in [-0.39, 0.29) is 0 Å². The first-order valence-electron chi connectivity index (χ1n) is 7.96. The van der Waals surface area contributed by atoms with Crippen LogP contribution in [0.15, 0.2) is 12.1 Å². The van der Waals surface area contributed by atoms with Crippen LogP contribution in [0.25, 0.3) is 0 Å². The number of thiocarbonyl (C=S) groups is 2. The van der Waals surface area contributed by atoms with Crippen LogP contribution in [-0.2, 0) is 11.5 Å². The highest BCUT2D eigenvalue weighted by Crippen LogP contribution is 2.27. The summed E-state index contributed by atoms with van der Waals surface area (Å²) in [5.74, 6) is 1.93. The van der Waals surface area contributed by atoms with E-state index < -0.39 is 0 Å². The molecule has 7 heteroatoms. The fourth-order valence-corrected chi connectivity index (χ4v) is 5.90. The van der Waals surface area contributed by atoms with Gasteiger partial charge in [-0.1, -0.05) is 48.0 Å². The molecule has 1 aromatic rings. The van der Waals surface area contributed by atoms with Crippen molar-refractivity contribution in [3.63, 3.8) is 0 Å². The zero-order chi connectivity index (χ0) is 17.2. The van der Waals surface area contributed by atoms with E-state index >= 15 is 0 Å². The molecule has 0 radical (unpaired) electrons. The van der Waals surface area contributed by atoms with Crippen molar-refractivity contribution in [2.75, 3.05) is 26.2 Å². The highest BCUT2D eigenvalue weighted by Gasteiger charge is 2.09. The summed E-state index contributed by atoms with van der Waals surface area (Å²) in [6, 6.07) is 4.44. The fourth-order valence-electron chi connectivity index (χ4n) is 1.99. The predicted octanol–water partition coefficient (Wildman–Crippen LogP) is 5.47. The topological polar surface area (TPSA) is 6.48 Å². The van der Waals surface area contributed by atoms with Crippen LogP contribution in [0.5, 0.6) is 0 Å². The maximum absolute atomic E-state index is 5.49. The summed E-state index contributed by atoms with van der Waals surface area (Å²) < 4.78 is 2.00. The quantitative estimate of drug-likeness (QED) is 0.524. The molecule has 0 spiro atoms. The molecular weight excluding hydrogens is 381 g/mol. The maximum atomic E-state index is 5.49. The molecule has 0 atom stereocenters. The van der Waals surface area contributed by atoms with Gasteiger partial charge < -0.3 is 9.80 Å². The Kier molecular flexibility index (Phi) is 10.8. The summed E-state index contributed by atoms with van der Waals surface area (Å²) in [5, 5.41) is 0. The van der Waals surface area contributed by atoms with Crippen molar-refractivity contribution < 1.29 is 0 Å². The smallest absolute Gasteiger partial charge is 0.136 e. The highest BCUT2D eigenvalue weighted by atomic mass is 32.2. The third-order valence-electron chi connectivity index (χ3n) is 3.44. The number of hydrogen-bond acceptors (Lipinski definition) is 5. The van der Waals surface area contributed by atoms with E-state index in [2.05, 4.69) is 49.6 Å². The number of rotatable bonds is 8. The van der Waals surface area contributed by atoms with Gasteiger partial charge in [-0.25, -0.2) is 0 Å². The van der Waals surface area contributed by atoms with Gasteiger partial charge in [0.2, 0.25) is 0 Å². The lowest BCUT2D eigenvalue weighted by atomic mass is 10.5. The average molecular weight is 407 g/mol. The van der Waals surface area contributed by atoms with E-state index in [1.807, 2.05) is 11.3 Å². The molecule has 130 valence electrons. The number of thioether (sulfide) groups is 2. The zero-order valence-corrected chi connectivity index (χ0v) is 18.4. The summed E-state index contributed by atoms with van der Waals surface area (Å²) in [5.41, 5.74) is 0. The predicted molar refractivity (Wildman–Crippen MR) is 118 cm³/mol. The van der Waals surface area contributed by atoms with Crippen LogP contribution in [0, 0.1) is 0 Å². The molecule has 0 unspecified atom stereocenters. The van der Waals surface area contributed by atoms with E-state index in [4.69, 9.17) is 24.4 Å². The minimum atomic E-state index is 0.963. The van der Waals surface area contributed by atoms with Gasteiger partial charge in [0.05, 0.1) is 0 Å². The van der Waals surface area contributed by atoms with Crippen molar-refractivity contribution in [3.8, 4) is 0 Å². The van der Waals surface area contributed by atoms with Gasteiger partial charge in [0.25, 0.3) is 0 Å². The molecule has 0 saturated carbocycles. The summed E-state index contributed by atoms with van der Waals surface area (Å²) in [4.78, 5) is 7.22. The Morgan fingerprint density at radius 3 is 1.48 bits per heavy atom. The maximum Gasteiger partial charge on any atom is 0.136 e. The number of nitrogens with zero attached hydrogens (tertiary/aromatic N) is 2. The van der Waals surface area contributed by atoms with Gasteiger partial charge in [-0.15, -0.1) is 11.3 Å². The van der Waals surface area contributed by atoms with Crippen molar-refractivity contribution in [2.24, 2.45) is 0 Å². The van der Waals surface area contributed by atoms with Gasteiger partial charge >= 0.3 is 0 Å². The van der Waals surface area contributed by atoms with Crippen LogP contribution in [0.1, 0.15) is 37.4 Å². The fraction of sp³-hybridized carbons (Fsp3) is 0.625. The van der Waals surface area contributed by atoms with E-state index in [0.29, 0.717) is 0 Å². The van der Waals surface area contributed by atoms with Crippen molar-refractivity contribution in [2.45, 2.75) is 39.2 Å². The lowest BCUT2D eigenvalue weighted by molar-refractivity contribution is 0.482. The van der Waals surface area contributed by atoms with Crippen molar-refractivity contribution in [1.29, 1.82) is 0 Å². The third kappa shape index (κ3) is 7.30. The molecule has 23 heavy (non-hydrogen) atoms. The molecule has 1 aromatic heterocycles. The van der Waals surface area contributed by atoms with Crippen molar-refractivity contribution in [1.82, 2.24) is 9.80 Å². The highest BCUT2D eigenvalue weighted by molar-refractivity contribution is 8.22. The molecular formula is C16H26N2S5. The van der Waals surface area contributed by atoms with Crippen LogP contribution in [0.4, 0.5) is 0 Å². The second kappa shape index (κ2) is 11.7. The van der Waals surface area contributed by atoms with Gasteiger partial charge in [0, 0.05) is 47.4 Å². The molecule has 2 nitrogen and oxygen atoms in total. The zero-order valence-electron chi connectivity index (χ0n) is 14.3. The van der Waals surface area contributed by atoms with Gasteiger partial charge in [-0.3, -0.25) is 0 Å². The normalized spacial score (nSPS) is 10.6. The lowest BCUT2D eigenvalue weighted by Crippen LogP contribution is -2.26. The molecule has 0 bridgehead atoms. The molecule has 1 heterocycles. The summed E-state index contributed by atoms with van der Waals surface area (Å²) in [6.45, 7) is 12.5. The Hall–Kier alpha value is 0.180. The van der Waals surface area contributed by atoms with Crippen LogP contribution in [-0.4, -0.2) is 44.6 Å². The molecule has 1 rings (SSSR count).